The normalized spacial score (nSPS) is 11.6. The van der Waals surface area contributed by atoms with E-state index in [1.165, 1.54) is 11.3 Å². The zero-order chi connectivity index (χ0) is 12.1. The van der Waals surface area contributed by atoms with Gasteiger partial charge in [0.25, 0.3) is 0 Å². The molecule has 0 radical (unpaired) electrons. The van der Waals surface area contributed by atoms with E-state index >= 15 is 0 Å². The van der Waals surface area contributed by atoms with Crippen LogP contribution < -0.4 is 5.73 Å². The lowest BCUT2D eigenvalue weighted by atomic mass is 10.2. The Kier molecular flexibility index (Phi) is 3.89. The number of rotatable bonds is 4. The summed E-state index contributed by atoms with van der Waals surface area (Å²) in [4.78, 5) is 4.00. The molecule has 2 rings (SSSR count). The van der Waals surface area contributed by atoms with E-state index in [0.29, 0.717) is 5.69 Å². The summed E-state index contributed by atoms with van der Waals surface area (Å²) in [6.07, 6.45) is 1.63. The summed E-state index contributed by atoms with van der Waals surface area (Å²) in [7, 11) is 0. The van der Waals surface area contributed by atoms with Gasteiger partial charge in [-0.1, -0.05) is 28.3 Å². The van der Waals surface area contributed by atoms with Gasteiger partial charge in [0.2, 0.25) is 0 Å². The lowest BCUT2D eigenvalue weighted by Gasteiger charge is -2.01. The molecule has 0 aromatic carbocycles. The van der Waals surface area contributed by atoms with Crippen LogP contribution in [-0.2, 0) is 5.75 Å². The predicted octanol–water partition coefficient (Wildman–Crippen LogP) is 1.32. The van der Waals surface area contributed by atoms with Crippen molar-refractivity contribution >= 4 is 28.9 Å². The first kappa shape index (κ1) is 11.8. The minimum Gasteiger partial charge on any atom is -0.409 e. The number of hydrogen-bond acceptors (Lipinski definition) is 7. The molecule has 8 heteroatoms. The van der Waals surface area contributed by atoms with Gasteiger partial charge in [-0.05, 0) is 17.7 Å². The van der Waals surface area contributed by atoms with Crippen molar-refractivity contribution in [2.75, 3.05) is 0 Å². The topological polar surface area (TPSA) is 97.3 Å². The Morgan fingerprint density at radius 3 is 3.18 bits per heavy atom. The Morgan fingerprint density at radius 2 is 2.47 bits per heavy atom. The highest BCUT2D eigenvalue weighted by Crippen LogP contribution is 2.23. The molecule has 0 saturated heterocycles. The van der Waals surface area contributed by atoms with Crippen molar-refractivity contribution < 1.29 is 5.21 Å². The van der Waals surface area contributed by atoms with E-state index in [2.05, 4.69) is 20.3 Å². The maximum Gasteiger partial charge on any atom is 0.188 e. The number of nitrogens with zero attached hydrogens (tertiary/aromatic N) is 4. The summed E-state index contributed by atoms with van der Waals surface area (Å²) < 4.78 is 0.909. The summed E-state index contributed by atoms with van der Waals surface area (Å²) in [6, 6.07) is 3.66. The summed E-state index contributed by atoms with van der Waals surface area (Å²) in [6.45, 7) is 0. The first-order valence-electron chi connectivity index (χ1n) is 4.61. The SMILES string of the molecule is NC(=NO)c1cc(CSc2nncs2)ccn1. The van der Waals surface area contributed by atoms with Crippen molar-refractivity contribution in [1.82, 2.24) is 15.2 Å². The van der Waals surface area contributed by atoms with Crippen LogP contribution in [0, 0.1) is 0 Å². The average Bonchev–Trinajstić information content (AvgIpc) is 2.89. The quantitative estimate of drug-likeness (QED) is 0.285. The number of thioether (sulfide) groups is 1. The Labute approximate surface area is 106 Å². The fraction of sp³-hybridized carbons (Fsp3) is 0.111. The number of aromatic nitrogens is 3. The van der Waals surface area contributed by atoms with Gasteiger partial charge in [0.15, 0.2) is 10.2 Å². The zero-order valence-corrected chi connectivity index (χ0v) is 10.3. The van der Waals surface area contributed by atoms with E-state index in [1.54, 1.807) is 29.5 Å². The van der Waals surface area contributed by atoms with Crippen molar-refractivity contribution in [1.29, 1.82) is 0 Å². The van der Waals surface area contributed by atoms with Gasteiger partial charge in [-0.15, -0.1) is 10.2 Å². The predicted molar refractivity (Wildman–Crippen MR) is 66.2 cm³/mol. The van der Waals surface area contributed by atoms with Crippen molar-refractivity contribution in [3.8, 4) is 0 Å². The van der Waals surface area contributed by atoms with Crippen LogP contribution in [0.4, 0.5) is 0 Å². The van der Waals surface area contributed by atoms with Crippen LogP contribution in [0.5, 0.6) is 0 Å². The molecule has 0 bridgehead atoms. The van der Waals surface area contributed by atoms with E-state index in [1.807, 2.05) is 6.07 Å². The Bertz CT molecular complexity index is 514. The van der Waals surface area contributed by atoms with Gasteiger partial charge in [-0.2, -0.15) is 0 Å². The van der Waals surface area contributed by atoms with Crippen molar-refractivity contribution in [2.24, 2.45) is 10.9 Å². The van der Waals surface area contributed by atoms with Crippen LogP contribution in [-0.4, -0.2) is 26.2 Å². The summed E-state index contributed by atoms with van der Waals surface area (Å²) in [5.74, 6) is 0.747. The molecular weight excluding hydrogens is 258 g/mol. The summed E-state index contributed by atoms with van der Waals surface area (Å²) in [5.41, 5.74) is 8.65. The molecule has 2 aromatic rings. The van der Waals surface area contributed by atoms with Crippen molar-refractivity contribution in [3.63, 3.8) is 0 Å². The van der Waals surface area contributed by atoms with Gasteiger partial charge in [0.1, 0.15) is 11.2 Å². The number of hydrogen-bond donors (Lipinski definition) is 2. The van der Waals surface area contributed by atoms with Crippen molar-refractivity contribution in [2.45, 2.75) is 10.1 Å². The highest BCUT2D eigenvalue weighted by Gasteiger charge is 2.04. The number of nitrogens with two attached hydrogens (primary N) is 1. The molecule has 0 fully saturated rings. The standard InChI is InChI=1S/C9H9N5OS2/c10-8(14-15)7-3-6(1-2-11-7)4-16-9-13-12-5-17-9/h1-3,5,15H,4H2,(H2,10,14). The summed E-state index contributed by atoms with van der Waals surface area (Å²) >= 11 is 3.08. The minimum atomic E-state index is 0.00719. The molecular formula is C9H9N5OS2. The molecule has 0 amide bonds. The second-order valence-corrected chi connectivity index (χ2v) is 5.08. The first-order chi connectivity index (χ1) is 8.29. The number of oxime groups is 1. The second-order valence-electron chi connectivity index (χ2n) is 3.03. The molecule has 0 aliphatic carbocycles. The van der Waals surface area contributed by atoms with Gasteiger partial charge in [0, 0.05) is 11.9 Å². The molecule has 17 heavy (non-hydrogen) atoms. The molecule has 0 saturated carbocycles. The fourth-order valence-electron chi connectivity index (χ4n) is 1.13. The number of amidine groups is 1. The lowest BCUT2D eigenvalue weighted by molar-refractivity contribution is 0.318. The highest BCUT2D eigenvalue weighted by molar-refractivity contribution is 8.00. The second kappa shape index (κ2) is 5.60. The molecule has 2 aromatic heterocycles. The first-order valence-corrected chi connectivity index (χ1v) is 6.48. The van der Waals surface area contributed by atoms with E-state index in [-0.39, 0.29) is 5.84 Å². The van der Waals surface area contributed by atoms with Gasteiger partial charge in [-0.3, -0.25) is 4.98 Å². The molecule has 0 atom stereocenters. The van der Waals surface area contributed by atoms with E-state index in [4.69, 9.17) is 10.9 Å². The molecule has 0 aliphatic rings. The molecule has 0 aliphatic heterocycles. The summed E-state index contributed by atoms with van der Waals surface area (Å²) in [5, 5.41) is 19.2. The van der Waals surface area contributed by atoms with Crippen LogP contribution >= 0.6 is 23.1 Å². The minimum absolute atomic E-state index is 0.00719. The van der Waals surface area contributed by atoms with Gasteiger partial charge >= 0.3 is 0 Å². The van der Waals surface area contributed by atoms with Gasteiger partial charge in [-0.25, -0.2) is 0 Å². The monoisotopic (exact) mass is 267 g/mol. The third-order valence-electron chi connectivity index (χ3n) is 1.90. The molecule has 3 N–H and O–H groups in total. The van der Waals surface area contributed by atoms with Gasteiger partial charge < -0.3 is 10.9 Å². The van der Waals surface area contributed by atoms with Crippen LogP contribution in [0.1, 0.15) is 11.3 Å². The molecule has 6 nitrogen and oxygen atoms in total. The third kappa shape index (κ3) is 3.14. The fourth-order valence-corrected chi connectivity index (χ4v) is 2.56. The van der Waals surface area contributed by atoms with Gasteiger partial charge in [0.05, 0.1) is 0 Å². The Hall–Kier alpha value is -1.67. The maximum atomic E-state index is 8.56. The average molecular weight is 267 g/mol. The highest BCUT2D eigenvalue weighted by atomic mass is 32.2. The maximum absolute atomic E-state index is 8.56. The van der Waals surface area contributed by atoms with E-state index < -0.39 is 0 Å². The van der Waals surface area contributed by atoms with Crippen LogP contribution in [0.3, 0.4) is 0 Å². The lowest BCUT2D eigenvalue weighted by Crippen LogP contribution is -2.15. The van der Waals surface area contributed by atoms with Crippen LogP contribution in [0.2, 0.25) is 0 Å². The Morgan fingerprint density at radius 1 is 1.59 bits per heavy atom. The van der Waals surface area contributed by atoms with Crippen LogP contribution in [0.15, 0.2) is 33.3 Å². The molecule has 0 unspecified atom stereocenters. The smallest absolute Gasteiger partial charge is 0.188 e. The molecule has 0 spiro atoms. The number of pyridine rings is 1. The van der Waals surface area contributed by atoms with Crippen LogP contribution in [0.25, 0.3) is 0 Å². The molecule has 88 valence electrons. The van der Waals surface area contributed by atoms with E-state index in [9.17, 15) is 0 Å². The third-order valence-corrected chi connectivity index (χ3v) is 3.83. The largest absolute Gasteiger partial charge is 0.409 e. The molecule has 2 heterocycles. The zero-order valence-electron chi connectivity index (χ0n) is 8.65. The Balaban J connectivity index is 2.06. The van der Waals surface area contributed by atoms with Crippen molar-refractivity contribution in [3.05, 3.63) is 35.1 Å². The van der Waals surface area contributed by atoms with E-state index in [0.717, 1.165) is 15.7 Å².